The Labute approximate surface area is 128 Å². The summed E-state index contributed by atoms with van der Waals surface area (Å²) in [6.07, 6.45) is 0. The van der Waals surface area contributed by atoms with Crippen molar-refractivity contribution in [3.63, 3.8) is 0 Å². The summed E-state index contributed by atoms with van der Waals surface area (Å²) in [4.78, 5) is 0. The van der Waals surface area contributed by atoms with Gasteiger partial charge >= 0.3 is 0 Å². The van der Waals surface area contributed by atoms with Crippen molar-refractivity contribution in [3.05, 3.63) is 62.1 Å². The molecule has 0 heterocycles. The molecule has 0 atom stereocenters. The first-order valence-electron chi connectivity index (χ1n) is 6.23. The van der Waals surface area contributed by atoms with Gasteiger partial charge in [-0.25, -0.2) is 0 Å². The highest BCUT2D eigenvalue weighted by Crippen LogP contribution is 2.26. The molecule has 0 bridgehead atoms. The van der Waals surface area contributed by atoms with Gasteiger partial charge in [0.25, 0.3) is 0 Å². The first kappa shape index (κ1) is 14.4. The summed E-state index contributed by atoms with van der Waals surface area (Å²) in [6, 6.07) is 10.4. The minimum absolute atomic E-state index is 0.736. The molecule has 0 aliphatic rings. The Morgan fingerprint density at radius 3 is 2.26 bits per heavy atom. The summed E-state index contributed by atoms with van der Waals surface area (Å²) in [6.45, 7) is 6.98. The number of rotatable bonds is 3. The molecule has 2 aromatic carbocycles. The first-order chi connectivity index (χ1) is 8.97. The smallest absolute Gasteiger partial charge is 0.0458 e. The number of halogens is 2. The largest absolute Gasteiger partial charge is 0.381 e. The molecule has 100 valence electrons. The monoisotopic (exact) mass is 337 g/mol. The molecule has 3 heteroatoms. The Morgan fingerprint density at radius 1 is 1.05 bits per heavy atom. The van der Waals surface area contributed by atoms with Gasteiger partial charge in [-0.15, -0.1) is 0 Å². The second kappa shape index (κ2) is 5.98. The van der Waals surface area contributed by atoms with Crippen molar-refractivity contribution in [2.24, 2.45) is 0 Å². The summed E-state index contributed by atoms with van der Waals surface area (Å²) >= 11 is 9.82. The van der Waals surface area contributed by atoms with Crippen molar-refractivity contribution in [1.82, 2.24) is 0 Å². The number of aryl methyl sites for hydroxylation is 3. The molecular formula is C16H17BrClN. The Kier molecular flexibility index (Phi) is 4.54. The SMILES string of the molecule is Cc1ccc(CNc2cc(C)c(Br)c(C)c2)c(Cl)c1. The summed E-state index contributed by atoms with van der Waals surface area (Å²) < 4.78 is 1.17. The zero-order chi connectivity index (χ0) is 14.0. The molecule has 0 amide bonds. The van der Waals surface area contributed by atoms with E-state index in [-0.39, 0.29) is 0 Å². The van der Waals surface area contributed by atoms with E-state index in [9.17, 15) is 0 Å². The Bertz CT molecular complexity index is 585. The van der Waals surface area contributed by atoms with Crippen LogP contribution >= 0.6 is 27.5 Å². The van der Waals surface area contributed by atoms with Crippen LogP contribution in [-0.2, 0) is 6.54 Å². The van der Waals surface area contributed by atoms with Crippen molar-refractivity contribution in [2.45, 2.75) is 27.3 Å². The van der Waals surface area contributed by atoms with Crippen LogP contribution < -0.4 is 5.32 Å². The van der Waals surface area contributed by atoms with Crippen molar-refractivity contribution in [2.75, 3.05) is 5.32 Å². The third kappa shape index (κ3) is 3.52. The van der Waals surface area contributed by atoms with Gasteiger partial charge < -0.3 is 5.32 Å². The molecule has 19 heavy (non-hydrogen) atoms. The number of nitrogens with one attached hydrogen (secondary N) is 1. The second-order valence-electron chi connectivity index (χ2n) is 4.87. The van der Waals surface area contributed by atoms with Crippen LogP contribution in [-0.4, -0.2) is 0 Å². The number of anilines is 1. The molecule has 0 aliphatic heterocycles. The number of hydrogen-bond acceptors (Lipinski definition) is 1. The van der Waals surface area contributed by atoms with Gasteiger partial charge in [0, 0.05) is 21.7 Å². The molecule has 0 unspecified atom stereocenters. The quantitative estimate of drug-likeness (QED) is 0.763. The number of hydrogen-bond donors (Lipinski definition) is 1. The highest BCUT2D eigenvalue weighted by atomic mass is 79.9. The van der Waals surface area contributed by atoms with Crippen LogP contribution in [0.1, 0.15) is 22.3 Å². The Morgan fingerprint density at radius 2 is 1.68 bits per heavy atom. The zero-order valence-corrected chi connectivity index (χ0v) is 13.7. The lowest BCUT2D eigenvalue weighted by molar-refractivity contribution is 1.14. The standard InChI is InChI=1S/C16H17BrClN/c1-10-4-5-13(15(18)6-10)9-19-14-7-11(2)16(17)12(3)8-14/h4-8,19H,9H2,1-3H3. The van der Waals surface area contributed by atoms with Crippen LogP contribution in [0.4, 0.5) is 5.69 Å². The highest BCUT2D eigenvalue weighted by Gasteiger charge is 2.04. The minimum atomic E-state index is 0.736. The maximum Gasteiger partial charge on any atom is 0.0458 e. The predicted octanol–water partition coefficient (Wildman–Crippen LogP) is 5.64. The summed E-state index contributed by atoms with van der Waals surface area (Å²) in [5, 5.41) is 4.24. The van der Waals surface area contributed by atoms with Gasteiger partial charge in [-0.1, -0.05) is 39.7 Å². The van der Waals surface area contributed by atoms with E-state index in [0.717, 1.165) is 22.8 Å². The first-order valence-corrected chi connectivity index (χ1v) is 7.40. The molecular weight excluding hydrogens is 322 g/mol. The fourth-order valence-corrected chi connectivity index (χ4v) is 2.57. The molecule has 1 N–H and O–H groups in total. The number of benzene rings is 2. The van der Waals surface area contributed by atoms with E-state index in [4.69, 9.17) is 11.6 Å². The van der Waals surface area contributed by atoms with Crippen LogP contribution in [0.15, 0.2) is 34.8 Å². The molecule has 0 radical (unpaired) electrons. The molecule has 0 saturated heterocycles. The summed E-state index contributed by atoms with van der Waals surface area (Å²) in [5.74, 6) is 0. The Balaban J connectivity index is 2.14. The third-order valence-electron chi connectivity index (χ3n) is 3.13. The van der Waals surface area contributed by atoms with Crippen molar-refractivity contribution < 1.29 is 0 Å². The van der Waals surface area contributed by atoms with Crippen LogP contribution in [0.25, 0.3) is 0 Å². The van der Waals surface area contributed by atoms with Crippen molar-refractivity contribution in [3.8, 4) is 0 Å². The van der Waals surface area contributed by atoms with Gasteiger partial charge in [-0.3, -0.25) is 0 Å². The molecule has 2 rings (SSSR count). The lowest BCUT2D eigenvalue weighted by Crippen LogP contribution is -2.01. The summed E-state index contributed by atoms with van der Waals surface area (Å²) in [7, 11) is 0. The average Bonchev–Trinajstić information content (AvgIpc) is 2.34. The normalized spacial score (nSPS) is 10.6. The van der Waals surface area contributed by atoms with E-state index in [0.29, 0.717) is 0 Å². The van der Waals surface area contributed by atoms with E-state index in [1.54, 1.807) is 0 Å². The molecule has 1 nitrogen and oxygen atoms in total. The van der Waals surface area contributed by atoms with Crippen LogP contribution in [0.2, 0.25) is 5.02 Å². The van der Waals surface area contributed by atoms with Crippen LogP contribution in [0.3, 0.4) is 0 Å². The fourth-order valence-electron chi connectivity index (χ4n) is 2.04. The summed E-state index contributed by atoms with van der Waals surface area (Å²) in [5.41, 5.74) is 5.89. The fraction of sp³-hybridized carbons (Fsp3) is 0.250. The Hall–Kier alpha value is -0.990. The molecule has 0 aliphatic carbocycles. The lowest BCUT2D eigenvalue weighted by Gasteiger charge is -2.12. The molecule has 0 spiro atoms. The maximum atomic E-state index is 6.24. The average molecular weight is 339 g/mol. The molecule has 0 fully saturated rings. The third-order valence-corrected chi connectivity index (χ3v) is 4.73. The highest BCUT2D eigenvalue weighted by molar-refractivity contribution is 9.10. The van der Waals surface area contributed by atoms with Crippen molar-refractivity contribution in [1.29, 1.82) is 0 Å². The van der Waals surface area contributed by atoms with Gasteiger partial charge in [0.15, 0.2) is 0 Å². The van der Waals surface area contributed by atoms with Crippen molar-refractivity contribution >= 4 is 33.2 Å². The maximum absolute atomic E-state index is 6.24. The molecule has 0 aromatic heterocycles. The molecule has 2 aromatic rings. The second-order valence-corrected chi connectivity index (χ2v) is 6.07. The molecule has 0 saturated carbocycles. The van der Waals surface area contributed by atoms with Gasteiger partial charge in [-0.05, 0) is 61.2 Å². The van der Waals surface area contributed by atoms with E-state index in [2.05, 4.69) is 59.4 Å². The van der Waals surface area contributed by atoms with Gasteiger partial charge in [0.2, 0.25) is 0 Å². The zero-order valence-electron chi connectivity index (χ0n) is 11.3. The predicted molar refractivity (Wildman–Crippen MR) is 87.1 cm³/mol. The van der Waals surface area contributed by atoms with Gasteiger partial charge in [0.05, 0.1) is 0 Å². The minimum Gasteiger partial charge on any atom is -0.381 e. The topological polar surface area (TPSA) is 12.0 Å². The lowest BCUT2D eigenvalue weighted by atomic mass is 10.1. The van der Waals surface area contributed by atoms with E-state index in [1.165, 1.54) is 21.2 Å². The van der Waals surface area contributed by atoms with Crippen LogP contribution in [0, 0.1) is 20.8 Å². The van der Waals surface area contributed by atoms with E-state index >= 15 is 0 Å². The van der Waals surface area contributed by atoms with E-state index < -0.39 is 0 Å². The van der Waals surface area contributed by atoms with E-state index in [1.807, 2.05) is 13.0 Å². The van der Waals surface area contributed by atoms with Crippen LogP contribution in [0.5, 0.6) is 0 Å². The van der Waals surface area contributed by atoms with Gasteiger partial charge in [0.1, 0.15) is 0 Å². The van der Waals surface area contributed by atoms with Gasteiger partial charge in [-0.2, -0.15) is 0 Å².